The Hall–Kier alpha value is -3.55. The van der Waals surface area contributed by atoms with E-state index in [0.29, 0.717) is 12.8 Å². The number of unbranched alkanes of at least 4 members (excludes halogenated alkanes) is 37. The number of rotatable bonds is 69. The van der Waals surface area contributed by atoms with Crippen molar-refractivity contribution in [2.45, 2.75) is 426 Å². The summed E-state index contributed by atoms with van der Waals surface area (Å²) < 4.78 is 34.5. The van der Waals surface area contributed by atoms with Gasteiger partial charge in [0.2, 0.25) is 5.91 Å². The average Bonchev–Trinajstić information content (AvgIpc) is 0.760. The first-order valence-corrected chi connectivity index (χ1v) is 43.6. The number of nitrogens with one attached hydrogen (secondary N) is 1. The van der Waals surface area contributed by atoms with E-state index >= 15 is 0 Å². The Morgan fingerprint density at radius 1 is 0.339 bits per heavy atom. The van der Waals surface area contributed by atoms with E-state index in [4.69, 9.17) is 28.4 Å². The third-order valence-electron chi connectivity index (χ3n) is 21.0. The minimum absolute atomic E-state index is 0.231. The maximum absolute atomic E-state index is 13.5. The van der Waals surface area contributed by atoms with Crippen LogP contribution in [0.15, 0.2) is 109 Å². The molecule has 0 aromatic carbocycles. The van der Waals surface area contributed by atoms with Crippen LogP contribution in [0.25, 0.3) is 0 Å². The zero-order valence-electron chi connectivity index (χ0n) is 67.8. The van der Waals surface area contributed by atoms with Crippen LogP contribution >= 0.6 is 0 Å². The van der Waals surface area contributed by atoms with E-state index in [1.165, 1.54) is 205 Å². The summed E-state index contributed by atoms with van der Waals surface area (Å²) >= 11 is 0. The minimum Gasteiger partial charge on any atom is -0.394 e. The Kier molecular flexibility index (Phi) is 62.9. The second-order valence-electron chi connectivity index (χ2n) is 30.6. The summed E-state index contributed by atoms with van der Waals surface area (Å²) in [4.78, 5) is 13.5. The summed E-state index contributed by atoms with van der Waals surface area (Å²) in [5, 5.41) is 121. The summed E-state index contributed by atoms with van der Waals surface area (Å²) in [6.45, 7) is 1.62. The summed E-state index contributed by atoms with van der Waals surface area (Å²) in [6, 6.07) is -1.00. The first-order valence-electron chi connectivity index (χ1n) is 43.6. The lowest BCUT2D eigenvalue weighted by Crippen LogP contribution is -2.66. The molecular weight excluding hydrogens is 1380 g/mol. The van der Waals surface area contributed by atoms with Gasteiger partial charge in [-0.05, 0) is 96.3 Å². The Bertz CT molecular complexity index is 2390. The van der Waals surface area contributed by atoms with Crippen molar-refractivity contribution in [2.75, 3.05) is 26.4 Å². The summed E-state index contributed by atoms with van der Waals surface area (Å²) in [6.07, 6.45) is 69.5. The smallest absolute Gasteiger partial charge is 0.220 e. The molecule has 17 atom stereocenters. The van der Waals surface area contributed by atoms with Crippen molar-refractivity contribution in [1.82, 2.24) is 5.32 Å². The van der Waals surface area contributed by atoms with Crippen LogP contribution in [0.1, 0.15) is 322 Å². The molecule has 630 valence electrons. The number of hydrogen-bond acceptors (Lipinski definition) is 18. The molecule has 0 radical (unpaired) electrons. The number of allylic oxidation sites excluding steroid dienone is 17. The lowest BCUT2D eigenvalue weighted by atomic mass is 9.96. The van der Waals surface area contributed by atoms with E-state index < -0.39 is 124 Å². The highest BCUT2D eigenvalue weighted by Crippen LogP contribution is 2.33. The standard InChI is InChI=1S/C90H157NO18/c1-3-5-7-9-11-13-15-17-19-21-23-25-27-28-29-30-31-32-33-34-35-36-37-38-39-40-41-42-43-44-46-48-50-52-54-56-58-60-62-64-66-68-78(96)91-73(74(95)67-65-63-61-59-57-55-53-51-49-47-45-26-24-22-20-18-16-14-12-10-8-6-4-2)72-104-88-84(102)81(99)86(76(70-93)106-88)109-90-85(103)82(100)87(77(71-94)107-90)108-89-83(101)80(98)79(97)75(69-92)105-89/h5,7,11,13,17,19,23,25,28-29,31-32,49,51,57,59,65,67,73-77,79-90,92-95,97-103H,3-4,6,8-10,12,14-16,18,20-22,24,26-27,30,33-48,50,52-56,58,60-64,66,68-72H2,1-2H3,(H,91,96)/b7-5-,13-11-,19-17-,25-23-,29-28-,32-31-,51-49+,59-57+,67-65+. The van der Waals surface area contributed by atoms with Crippen molar-refractivity contribution >= 4 is 5.91 Å². The molecule has 0 saturated carbocycles. The molecule has 0 spiro atoms. The van der Waals surface area contributed by atoms with Gasteiger partial charge >= 0.3 is 0 Å². The maximum atomic E-state index is 13.5. The molecule has 17 unspecified atom stereocenters. The van der Waals surface area contributed by atoms with Crippen LogP contribution in [0.5, 0.6) is 0 Å². The van der Waals surface area contributed by atoms with Crippen LogP contribution in [-0.2, 0) is 33.2 Å². The molecule has 3 fully saturated rings. The summed E-state index contributed by atoms with van der Waals surface area (Å²) in [5.74, 6) is -0.287. The Labute approximate surface area is 659 Å². The third-order valence-corrected chi connectivity index (χ3v) is 21.0. The molecule has 3 aliphatic heterocycles. The zero-order valence-corrected chi connectivity index (χ0v) is 67.8. The number of hydrogen-bond donors (Lipinski definition) is 12. The highest BCUT2D eigenvalue weighted by Gasteiger charge is 2.54. The molecule has 3 aliphatic rings. The maximum Gasteiger partial charge on any atom is 0.220 e. The van der Waals surface area contributed by atoms with Crippen molar-refractivity contribution in [3.8, 4) is 0 Å². The van der Waals surface area contributed by atoms with Gasteiger partial charge in [0.15, 0.2) is 18.9 Å². The molecule has 109 heavy (non-hydrogen) atoms. The van der Waals surface area contributed by atoms with E-state index in [1.807, 2.05) is 6.08 Å². The lowest BCUT2D eigenvalue weighted by molar-refractivity contribution is -0.379. The average molecular weight is 1540 g/mol. The van der Waals surface area contributed by atoms with E-state index in [0.717, 1.165) is 83.5 Å². The number of ether oxygens (including phenoxy) is 6. The molecule has 19 heteroatoms. The third kappa shape index (κ3) is 47.8. The van der Waals surface area contributed by atoms with Gasteiger partial charge in [0.05, 0.1) is 38.6 Å². The number of amides is 1. The van der Waals surface area contributed by atoms with Crippen LogP contribution < -0.4 is 5.32 Å². The van der Waals surface area contributed by atoms with E-state index in [9.17, 15) is 61.0 Å². The predicted octanol–water partition coefficient (Wildman–Crippen LogP) is 16.1. The highest BCUT2D eigenvalue weighted by atomic mass is 16.8. The fraction of sp³-hybridized carbons (Fsp3) is 0.789. The number of carbonyl (C=O) groups is 1. The monoisotopic (exact) mass is 1540 g/mol. The summed E-state index contributed by atoms with van der Waals surface area (Å²) in [7, 11) is 0. The normalized spacial score (nSPS) is 25.8. The van der Waals surface area contributed by atoms with Gasteiger partial charge in [-0.2, -0.15) is 0 Å². The molecule has 0 aromatic heterocycles. The fourth-order valence-electron chi connectivity index (χ4n) is 14.1. The van der Waals surface area contributed by atoms with Crippen LogP contribution in [0.3, 0.4) is 0 Å². The zero-order chi connectivity index (χ0) is 78.8. The Morgan fingerprint density at radius 3 is 1.03 bits per heavy atom. The fourth-order valence-corrected chi connectivity index (χ4v) is 14.1. The van der Waals surface area contributed by atoms with Gasteiger partial charge in [0.1, 0.15) is 73.2 Å². The van der Waals surface area contributed by atoms with Crippen molar-refractivity contribution in [3.63, 3.8) is 0 Å². The van der Waals surface area contributed by atoms with E-state index in [-0.39, 0.29) is 18.9 Å². The molecule has 3 saturated heterocycles. The van der Waals surface area contributed by atoms with Gasteiger partial charge in [-0.1, -0.05) is 329 Å². The molecule has 3 heterocycles. The second kappa shape index (κ2) is 68.8. The van der Waals surface area contributed by atoms with Crippen molar-refractivity contribution in [1.29, 1.82) is 0 Å². The number of carbonyl (C=O) groups excluding carboxylic acids is 1. The van der Waals surface area contributed by atoms with Crippen LogP contribution in [0.4, 0.5) is 0 Å². The summed E-state index contributed by atoms with van der Waals surface area (Å²) in [5.41, 5.74) is 0. The second-order valence-corrected chi connectivity index (χ2v) is 30.6. The van der Waals surface area contributed by atoms with Crippen molar-refractivity contribution < 1.29 is 89.4 Å². The van der Waals surface area contributed by atoms with Gasteiger partial charge in [0, 0.05) is 6.42 Å². The van der Waals surface area contributed by atoms with Crippen molar-refractivity contribution in [2.24, 2.45) is 0 Å². The molecule has 0 aromatic rings. The Morgan fingerprint density at radius 2 is 0.642 bits per heavy atom. The molecule has 3 rings (SSSR count). The van der Waals surface area contributed by atoms with Crippen molar-refractivity contribution in [3.05, 3.63) is 109 Å². The van der Waals surface area contributed by atoms with Crippen LogP contribution in [0, 0.1) is 0 Å². The molecular formula is C90H157NO18. The first-order chi connectivity index (χ1) is 53.3. The molecule has 12 N–H and O–H groups in total. The van der Waals surface area contributed by atoms with Crippen LogP contribution in [0.2, 0.25) is 0 Å². The van der Waals surface area contributed by atoms with Gasteiger partial charge in [0.25, 0.3) is 0 Å². The number of aliphatic hydroxyl groups is 11. The lowest BCUT2D eigenvalue weighted by Gasteiger charge is -2.48. The topological polar surface area (TPSA) is 307 Å². The first kappa shape index (κ1) is 99.6. The van der Waals surface area contributed by atoms with Gasteiger partial charge in [-0.3, -0.25) is 4.79 Å². The minimum atomic E-state index is -1.99. The number of aliphatic hydroxyl groups excluding tert-OH is 11. The SMILES string of the molecule is CC/C=C\C/C=C\C/C=C\C/C=C\C/C=C\C/C=C\CCCCCCCCCCCCCCCCCCCCCCCCC(=O)NC(COC1OC(CO)C(OC2OC(CO)C(OC3OC(CO)C(O)C(O)C3O)C(O)C2O)C(O)C1O)C(O)/C=C/CC/C=C/CC/C=C/CCCCCCCCCCCCCCC. The molecule has 0 aliphatic carbocycles. The highest BCUT2D eigenvalue weighted by molar-refractivity contribution is 5.76. The van der Waals surface area contributed by atoms with E-state index in [2.05, 4.69) is 116 Å². The van der Waals surface area contributed by atoms with E-state index in [1.54, 1.807) is 6.08 Å². The molecule has 0 bridgehead atoms. The van der Waals surface area contributed by atoms with Crippen LogP contribution in [-0.4, -0.2) is 193 Å². The van der Waals surface area contributed by atoms with Gasteiger partial charge in [-0.25, -0.2) is 0 Å². The Balaban J connectivity index is 1.32. The molecule has 1 amide bonds. The van der Waals surface area contributed by atoms with Gasteiger partial charge in [-0.15, -0.1) is 0 Å². The molecule has 19 nitrogen and oxygen atoms in total. The largest absolute Gasteiger partial charge is 0.394 e. The predicted molar refractivity (Wildman–Crippen MR) is 438 cm³/mol. The quantitative estimate of drug-likeness (QED) is 0.0199. The van der Waals surface area contributed by atoms with Gasteiger partial charge < -0.3 is 89.9 Å².